The average Bonchev–Trinajstić information content (AvgIpc) is 2.38. The van der Waals surface area contributed by atoms with E-state index in [0.717, 1.165) is 20.6 Å². The fraction of sp³-hybridized carbons (Fsp3) is 0.143. The molecule has 2 aromatic rings. The van der Waals surface area contributed by atoms with Gasteiger partial charge in [-0.25, -0.2) is 0 Å². The Morgan fingerprint density at radius 1 is 1.00 bits per heavy atom. The zero-order valence-electron chi connectivity index (χ0n) is 9.52. The predicted octanol–water partition coefficient (Wildman–Crippen LogP) is 3.88. The highest BCUT2D eigenvalue weighted by Crippen LogP contribution is 2.32. The van der Waals surface area contributed by atoms with Gasteiger partial charge in [0.2, 0.25) is 0 Å². The summed E-state index contributed by atoms with van der Waals surface area (Å²) in [5.41, 5.74) is 1.15. The molecule has 0 fully saturated rings. The van der Waals surface area contributed by atoms with Gasteiger partial charge in [-0.1, -0.05) is 36.4 Å². The summed E-state index contributed by atoms with van der Waals surface area (Å²) < 4.78 is 12.2. The van der Waals surface area contributed by atoms with Crippen LogP contribution in [0, 0.1) is 3.57 Å². The van der Waals surface area contributed by atoms with E-state index in [2.05, 4.69) is 22.6 Å². The Balaban J connectivity index is 2.14. The lowest BCUT2D eigenvalue weighted by atomic mass is 10.2. The van der Waals surface area contributed by atoms with E-state index >= 15 is 0 Å². The van der Waals surface area contributed by atoms with Crippen molar-refractivity contribution in [3.63, 3.8) is 0 Å². The molecule has 2 nitrogen and oxygen atoms in total. The second-order valence-corrected chi connectivity index (χ2v) is 4.71. The van der Waals surface area contributed by atoms with Crippen molar-refractivity contribution in [2.45, 2.75) is 6.61 Å². The molecule has 0 radical (unpaired) electrons. The van der Waals surface area contributed by atoms with Gasteiger partial charge >= 0.3 is 0 Å². The average molecular weight is 340 g/mol. The van der Waals surface area contributed by atoms with Crippen molar-refractivity contribution in [2.24, 2.45) is 0 Å². The lowest BCUT2D eigenvalue weighted by Crippen LogP contribution is -1.99. The summed E-state index contributed by atoms with van der Waals surface area (Å²) in [5.74, 6) is 1.58. The van der Waals surface area contributed by atoms with Crippen LogP contribution in [0.25, 0.3) is 0 Å². The first-order valence-electron chi connectivity index (χ1n) is 5.30. The van der Waals surface area contributed by atoms with Crippen LogP contribution in [-0.2, 0) is 6.61 Å². The van der Waals surface area contributed by atoms with Crippen molar-refractivity contribution >= 4 is 22.6 Å². The van der Waals surface area contributed by atoms with E-state index in [1.807, 2.05) is 48.5 Å². The maximum Gasteiger partial charge on any atom is 0.174 e. The minimum absolute atomic E-state index is 0.553. The van der Waals surface area contributed by atoms with Crippen LogP contribution in [0.1, 0.15) is 5.56 Å². The third kappa shape index (κ3) is 3.12. The quantitative estimate of drug-likeness (QED) is 0.787. The van der Waals surface area contributed by atoms with Crippen LogP contribution in [0.2, 0.25) is 0 Å². The van der Waals surface area contributed by atoms with Gasteiger partial charge in [0.05, 0.1) is 10.7 Å². The molecule has 0 atom stereocenters. The molecule has 0 bridgehead atoms. The van der Waals surface area contributed by atoms with Gasteiger partial charge in [-0.15, -0.1) is 0 Å². The van der Waals surface area contributed by atoms with Crippen LogP contribution in [-0.4, -0.2) is 7.11 Å². The van der Waals surface area contributed by atoms with Crippen molar-refractivity contribution in [3.05, 3.63) is 57.7 Å². The van der Waals surface area contributed by atoms with Crippen LogP contribution in [0.4, 0.5) is 0 Å². The van der Waals surface area contributed by atoms with Gasteiger partial charge in [0.15, 0.2) is 11.5 Å². The van der Waals surface area contributed by atoms with Gasteiger partial charge in [0.25, 0.3) is 0 Å². The van der Waals surface area contributed by atoms with Gasteiger partial charge in [0, 0.05) is 0 Å². The lowest BCUT2D eigenvalue weighted by Gasteiger charge is -2.12. The molecule has 0 aliphatic heterocycles. The van der Waals surface area contributed by atoms with E-state index in [1.165, 1.54) is 0 Å². The number of benzene rings is 2. The second-order valence-electron chi connectivity index (χ2n) is 3.55. The SMILES string of the molecule is COc1cccc(I)c1OCc1ccccc1. The van der Waals surface area contributed by atoms with E-state index in [9.17, 15) is 0 Å². The van der Waals surface area contributed by atoms with Crippen LogP contribution < -0.4 is 9.47 Å². The summed E-state index contributed by atoms with van der Waals surface area (Å²) in [4.78, 5) is 0. The molecule has 17 heavy (non-hydrogen) atoms. The Labute approximate surface area is 115 Å². The normalized spacial score (nSPS) is 10.0. The number of halogens is 1. The van der Waals surface area contributed by atoms with Gasteiger partial charge in [-0.3, -0.25) is 0 Å². The highest BCUT2D eigenvalue weighted by Gasteiger charge is 2.08. The van der Waals surface area contributed by atoms with E-state index in [1.54, 1.807) is 7.11 Å². The molecule has 0 heterocycles. The van der Waals surface area contributed by atoms with Gasteiger partial charge in [0.1, 0.15) is 6.61 Å². The zero-order valence-corrected chi connectivity index (χ0v) is 11.7. The van der Waals surface area contributed by atoms with E-state index in [4.69, 9.17) is 9.47 Å². The van der Waals surface area contributed by atoms with Crippen molar-refractivity contribution < 1.29 is 9.47 Å². The maximum atomic E-state index is 5.81. The van der Waals surface area contributed by atoms with Crippen LogP contribution in [0.5, 0.6) is 11.5 Å². The Morgan fingerprint density at radius 3 is 2.47 bits per heavy atom. The first-order chi connectivity index (χ1) is 8.31. The smallest absolute Gasteiger partial charge is 0.174 e. The minimum Gasteiger partial charge on any atom is -0.493 e. The van der Waals surface area contributed by atoms with E-state index < -0.39 is 0 Å². The van der Waals surface area contributed by atoms with Crippen molar-refractivity contribution in [2.75, 3.05) is 7.11 Å². The fourth-order valence-corrected chi connectivity index (χ4v) is 2.15. The molecule has 0 aliphatic carbocycles. The van der Waals surface area contributed by atoms with Crippen LogP contribution >= 0.6 is 22.6 Å². The number of methoxy groups -OCH3 is 1. The van der Waals surface area contributed by atoms with E-state index in [-0.39, 0.29) is 0 Å². The molecule has 3 heteroatoms. The minimum atomic E-state index is 0.553. The Morgan fingerprint density at radius 2 is 1.76 bits per heavy atom. The molecule has 2 rings (SSSR count). The number of para-hydroxylation sites is 1. The summed E-state index contributed by atoms with van der Waals surface area (Å²) in [6.07, 6.45) is 0. The van der Waals surface area contributed by atoms with Crippen LogP contribution in [0.3, 0.4) is 0 Å². The standard InChI is InChI=1S/C14H13IO2/c1-16-13-9-5-8-12(15)14(13)17-10-11-6-3-2-4-7-11/h2-9H,10H2,1H3. The first kappa shape index (κ1) is 12.2. The summed E-state index contributed by atoms with van der Waals surface area (Å²) >= 11 is 2.25. The second kappa shape index (κ2) is 5.91. The van der Waals surface area contributed by atoms with E-state index in [0.29, 0.717) is 6.61 Å². The number of hydrogen-bond acceptors (Lipinski definition) is 2. The number of hydrogen-bond donors (Lipinski definition) is 0. The Kier molecular flexibility index (Phi) is 4.25. The molecule has 0 saturated carbocycles. The summed E-state index contributed by atoms with van der Waals surface area (Å²) in [6.45, 7) is 0.553. The predicted molar refractivity (Wildman–Crippen MR) is 76.5 cm³/mol. The summed E-state index contributed by atoms with van der Waals surface area (Å²) in [6, 6.07) is 16.0. The van der Waals surface area contributed by atoms with Gasteiger partial charge in [-0.2, -0.15) is 0 Å². The molecule has 0 amide bonds. The fourth-order valence-electron chi connectivity index (χ4n) is 1.52. The molecule has 2 aromatic carbocycles. The summed E-state index contributed by atoms with van der Waals surface area (Å²) in [7, 11) is 1.65. The highest BCUT2D eigenvalue weighted by atomic mass is 127. The molecule has 0 unspecified atom stereocenters. The Hall–Kier alpha value is -1.23. The molecular weight excluding hydrogens is 327 g/mol. The molecule has 0 aliphatic rings. The maximum absolute atomic E-state index is 5.81. The highest BCUT2D eigenvalue weighted by molar-refractivity contribution is 14.1. The third-order valence-corrected chi connectivity index (χ3v) is 3.23. The Bertz CT molecular complexity index is 483. The van der Waals surface area contributed by atoms with Crippen molar-refractivity contribution in [1.29, 1.82) is 0 Å². The third-order valence-electron chi connectivity index (χ3n) is 2.38. The summed E-state index contributed by atoms with van der Waals surface area (Å²) in [5, 5.41) is 0. The zero-order chi connectivity index (χ0) is 12.1. The lowest BCUT2D eigenvalue weighted by molar-refractivity contribution is 0.282. The van der Waals surface area contributed by atoms with Gasteiger partial charge < -0.3 is 9.47 Å². The van der Waals surface area contributed by atoms with Crippen LogP contribution in [0.15, 0.2) is 48.5 Å². The topological polar surface area (TPSA) is 18.5 Å². The monoisotopic (exact) mass is 340 g/mol. The molecule has 88 valence electrons. The van der Waals surface area contributed by atoms with Crippen molar-refractivity contribution in [1.82, 2.24) is 0 Å². The molecular formula is C14H13IO2. The molecule has 0 saturated heterocycles. The molecule has 0 N–H and O–H groups in total. The largest absolute Gasteiger partial charge is 0.493 e. The number of rotatable bonds is 4. The first-order valence-corrected chi connectivity index (χ1v) is 6.38. The van der Waals surface area contributed by atoms with Gasteiger partial charge in [-0.05, 0) is 40.3 Å². The number of ether oxygens (including phenoxy) is 2. The molecule has 0 aromatic heterocycles. The molecule has 0 spiro atoms. The van der Waals surface area contributed by atoms with Crippen molar-refractivity contribution in [3.8, 4) is 11.5 Å².